The van der Waals surface area contributed by atoms with Gasteiger partial charge in [-0.1, -0.05) is 25.0 Å². The van der Waals surface area contributed by atoms with Gasteiger partial charge in [-0.15, -0.1) is 0 Å². The first kappa shape index (κ1) is 18.2. The van der Waals surface area contributed by atoms with Gasteiger partial charge in [0, 0.05) is 6.04 Å². The number of unbranched alkanes of at least 4 members (excludes halogenated alkanes) is 3. The Balaban J connectivity index is 2.21. The number of benzene rings is 1. The molecule has 1 atom stereocenters. The predicted octanol–water partition coefficient (Wildman–Crippen LogP) is 4.86. The summed E-state index contributed by atoms with van der Waals surface area (Å²) in [5.41, 5.74) is 1.08. The van der Waals surface area contributed by atoms with Crippen LogP contribution in [0, 0.1) is 0 Å². The van der Waals surface area contributed by atoms with E-state index in [1.54, 1.807) is 12.1 Å². The average Bonchev–Trinajstić information content (AvgIpc) is 2.46. The maximum absolute atomic E-state index is 12.1. The molecule has 0 aliphatic carbocycles. The van der Waals surface area contributed by atoms with Crippen LogP contribution < -0.4 is 10.1 Å². The molecule has 0 saturated carbocycles. The fourth-order valence-electron chi connectivity index (χ4n) is 2.10. The molecule has 0 amide bonds. The summed E-state index contributed by atoms with van der Waals surface area (Å²) in [4.78, 5) is 0. The van der Waals surface area contributed by atoms with Crippen LogP contribution in [0.1, 0.15) is 44.2 Å². The van der Waals surface area contributed by atoms with Crippen LogP contribution in [-0.2, 0) is 0 Å². The van der Waals surface area contributed by atoms with Crippen LogP contribution in [0.2, 0.25) is 0 Å². The molecule has 0 fully saturated rings. The lowest BCUT2D eigenvalue weighted by atomic mass is 10.1. The standard InChI is InChI=1S/C16H25F2NOS/c1-13(19-11-5-3-4-6-12-21-2)14-7-9-15(10-8-14)20-16(17)18/h7-10,13,16,19H,3-6,11-12H2,1-2H3. The van der Waals surface area contributed by atoms with Crippen LogP contribution in [0.5, 0.6) is 5.75 Å². The second-order valence-electron chi connectivity index (χ2n) is 5.03. The maximum atomic E-state index is 12.1. The monoisotopic (exact) mass is 317 g/mol. The third-order valence-electron chi connectivity index (χ3n) is 3.33. The quantitative estimate of drug-likeness (QED) is 0.589. The van der Waals surface area contributed by atoms with E-state index in [2.05, 4.69) is 23.2 Å². The minimum absolute atomic E-state index is 0.203. The fraction of sp³-hybridized carbons (Fsp3) is 0.625. The molecule has 0 aromatic heterocycles. The number of hydrogen-bond donors (Lipinski definition) is 1. The van der Waals surface area contributed by atoms with Gasteiger partial charge in [0.25, 0.3) is 0 Å². The number of halogens is 2. The van der Waals surface area contributed by atoms with Crippen molar-refractivity contribution in [2.45, 2.75) is 45.3 Å². The lowest BCUT2D eigenvalue weighted by molar-refractivity contribution is -0.0498. The summed E-state index contributed by atoms with van der Waals surface area (Å²) in [6.07, 6.45) is 7.15. The maximum Gasteiger partial charge on any atom is 0.387 e. The number of nitrogens with one attached hydrogen (secondary N) is 1. The van der Waals surface area contributed by atoms with Gasteiger partial charge in [0.1, 0.15) is 5.75 Å². The van der Waals surface area contributed by atoms with E-state index in [0.717, 1.165) is 12.1 Å². The molecule has 120 valence electrons. The van der Waals surface area contributed by atoms with Crippen LogP contribution in [0.15, 0.2) is 24.3 Å². The van der Waals surface area contributed by atoms with Gasteiger partial charge < -0.3 is 10.1 Å². The molecule has 1 unspecified atom stereocenters. The highest BCUT2D eigenvalue weighted by molar-refractivity contribution is 7.98. The van der Waals surface area contributed by atoms with Crippen molar-refractivity contribution in [2.24, 2.45) is 0 Å². The SMILES string of the molecule is CSCCCCCCNC(C)c1ccc(OC(F)F)cc1. The number of alkyl halides is 2. The van der Waals surface area contributed by atoms with Gasteiger partial charge in [-0.3, -0.25) is 0 Å². The van der Waals surface area contributed by atoms with E-state index in [0.29, 0.717) is 0 Å². The molecule has 1 aromatic rings. The average molecular weight is 317 g/mol. The minimum Gasteiger partial charge on any atom is -0.435 e. The first-order chi connectivity index (χ1) is 10.1. The highest BCUT2D eigenvalue weighted by atomic mass is 32.2. The molecule has 0 radical (unpaired) electrons. The van der Waals surface area contributed by atoms with Gasteiger partial charge in [0.2, 0.25) is 0 Å². The molecular weight excluding hydrogens is 292 g/mol. The molecule has 2 nitrogen and oxygen atoms in total. The van der Waals surface area contributed by atoms with Crippen molar-refractivity contribution in [1.82, 2.24) is 5.32 Å². The number of thioether (sulfide) groups is 1. The first-order valence-corrected chi connectivity index (χ1v) is 8.80. The highest BCUT2D eigenvalue weighted by Gasteiger charge is 2.07. The van der Waals surface area contributed by atoms with Crippen molar-refractivity contribution in [1.29, 1.82) is 0 Å². The summed E-state index contributed by atoms with van der Waals surface area (Å²) in [5.74, 6) is 1.45. The smallest absolute Gasteiger partial charge is 0.387 e. The van der Waals surface area contributed by atoms with Gasteiger partial charge in [-0.25, -0.2) is 0 Å². The Labute approximate surface area is 130 Å². The van der Waals surface area contributed by atoms with Gasteiger partial charge >= 0.3 is 6.61 Å². The van der Waals surface area contributed by atoms with Crippen molar-refractivity contribution in [3.8, 4) is 5.75 Å². The largest absolute Gasteiger partial charge is 0.435 e. The summed E-state index contributed by atoms with van der Waals surface area (Å²) < 4.78 is 28.5. The number of hydrogen-bond acceptors (Lipinski definition) is 3. The zero-order valence-corrected chi connectivity index (χ0v) is 13.6. The Bertz CT molecular complexity index is 373. The van der Waals surface area contributed by atoms with Gasteiger partial charge in [0.15, 0.2) is 0 Å². The number of rotatable bonds is 11. The summed E-state index contributed by atoms with van der Waals surface area (Å²) in [6.45, 7) is 0.296. The zero-order chi connectivity index (χ0) is 15.5. The molecule has 1 aromatic carbocycles. The predicted molar refractivity (Wildman–Crippen MR) is 86.3 cm³/mol. The zero-order valence-electron chi connectivity index (χ0n) is 12.8. The molecule has 1 rings (SSSR count). The second kappa shape index (κ2) is 10.9. The molecule has 0 spiro atoms. The summed E-state index contributed by atoms with van der Waals surface area (Å²) in [7, 11) is 0. The lowest BCUT2D eigenvalue weighted by Gasteiger charge is -2.15. The van der Waals surface area contributed by atoms with Crippen LogP contribution in [0.25, 0.3) is 0 Å². The van der Waals surface area contributed by atoms with Crippen molar-refractivity contribution >= 4 is 11.8 Å². The molecule has 0 heterocycles. The molecule has 0 aliphatic heterocycles. The van der Waals surface area contributed by atoms with E-state index in [4.69, 9.17) is 0 Å². The Morgan fingerprint density at radius 1 is 1.10 bits per heavy atom. The van der Waals surface area contributed by atoms with Crippen molar-refractivity contribution in [3.05, 3.63) is 29.8 Å². The third-order valence-corrected chi connectivity index (χ3v) is 4.03. The van der Waals surface area contributed by atoms with Gasteiger partial charge in [-0.05, 0) is 56.0 Å². The fourth-order valence-corrected chi connectivity index (χ4v) is 2.59. The van der Waals surface area contributed by atoms with E-state index in [9.17, 15) is 8.78 Å². The molecule has 0 aliphatic rings. The number of ether oxygens (including phenoxy) is 1. The first-order valence-electron chi connectivity index (χ1n) is 7.40. The summed E-state index contributed by atoms with van der Waals surface area (Å²) in [6, 6.07) is 7.04. The molecule has 0 bridgehead atoms. The Morgan fingerprint density at radius 3 is 2.38 bits per heavy atom. The van der Waals surface area contributed by atoms with E-state index in [-0.39, 0.29) is 11.8 Å². The van der Waals surface area contributed by atoms with Gasteiger partial charge in [-0.2, -0.15) is 20.5 Å². The second-order valence-corrected chi connectivity index (χ2v) is 6.02. The molecule has 0 saturated heterocycles. The molecule has 5 heteroatoms. The lowest BCUT2D eigenvalue weighted by Crippen LogP contribution is -2.19. The van der Waals surface area contributed by atoms with Crippen molar-refractivity contribution in [2.75, 3.05) is 18.6 Å². The van der Waals surface area contributed by atoms with Crippen molar-refractivity contribution < 1.29 is 13.5 Å². The normalized spacial score (nSPS) is 12.6. The highest BCUT2D eigenvalue weighted by Crippen LogP contribution is 2.19. The Morgan fingerprint density at radius 2 is 1.76 bits per heavy atom. The van der Waals surface area contributed by atoms with E-state index < -0.39 is 6.61 Å². The molecular formula is C16H25F2NOS. The Hall–Kier alpha value is -0.810. The van der Waals surface area contributed by atoms with E-state index >= 15 is 0 Å². The topological polar surface area (TPSA) is 21.3 Å². The van der Waals surface area contributed by atoms with E-state index in [1.165, 1.54) is 31.4 Å². The minimum atomic E-state index is -2.77. The van der Waals surface area contributed by atoms with Crippen molar-refractivity contribution in [3.63, 3.8) is 0 Å². The van der Waals surface area contributed by atoms with Crippen LogP contribution in [0.3, 0.4) is 0 Å². The van der Waals surface area contributed by atoms with E-state index in [1.807, 2.05) is 23.9 Å². The molecule has 21 heavy (non-hydrogen) atoms. The Kier molecular flexibility index (Phi) is 9.42. The van der Waals surface area contributed by atoms with Crippen LogP contribution >= 0.6 is 11.8 Å². The van der Waals surface area contributed by atoms with Crippen LogP contribution in [0.4, 0.5) is 8.78 Å². The third kappa shape index (κ3) is 8.27. The van der Waals surface area contributed by atoms with Crippen LogP contribution in [-0.4, -0.2) is 25.2 Å². The van der Waals surface area contributed by atoms with Gasteiger partial charge in [0.05, 0.1) is 0 Å². The molecule has 1 N–H and O–H groups in total. The summed E-state index contributed by atoms with van der Waals surface area (Å²) >= 11 is 1.90. The summed E-state index contributed by atoms with van der Waals surface area (Å²) in [5, 5.41) is 3.46.